The Hall–Kier alpha value is -3.63. The van der Waals surface area contributed by atoms with Gasteiger partial charge in [-0.1, -0.05) is 66.6 Å². The molecule has 2 amide bonds. The minimum atomic E-state index is -0.373. The van der Waals surface area contributed by atoms with Gasteiger partial charge < -0.3 is 15.0 Å². The van der Waals surface area contributed by atoms with E-state index in [0.717, 1.165) is 29.0 Å². The monoisotopic (exact) mass is 473 g/mol. The molecule has 0 spiro atoms. The predicted octanol–water partition coefficient (Wildman–Crippen LogP) is 4.65. The lowest BCUT2D eigenvalue weighted by atomic mass is 9.91. The minimum absolute atomic E-state index is 0.0148. The van der Waals surface area contributed by atoms with Crippen LogP contribution in [-0.4, -0.2) is 48.1 Å². The highest BCUT2D eigenvalue weighted by Gasteiger charge is 2.27. The Morgan fingerprint density at radius 2 is 1.71 bits per heavy atom. The summed E-state index contributed by atoms with van der Waals surface area (Å²) in [5, 5.41) is 5.83. The van der Waals surface area contributed by atoms with E-state index in [4.69, 9.17) is 11.2 Å². The summed E-state index contributed by atoms with van der Waals surface area (Å²) in [6, 6.07) is 20.4. The van der Waals surface area contributed by atoms with Crippen LogP contribution >= 0.6 is 11.3 Å². The molecule has 34 heavy (non-hydrogen) atoms. The number of likely N-dealkylation sites (tertiary alicyclic amines) is 1. The van der Waals surface area contributed by atoms with Crippen LogP contribution in [-0.2, 0) is 4.74 Å². The number of piperidine rings is 1. The number of hydrogen-bond donors (Lipinski definition) is 1. The lowest BCUT2D eigenvalue weighted by Crippen LogP contribution is -2.38. The first-order valence-corrected chi connectivity index (χ1v) is 12.2. The molecule has 1 fully saturated rings. The van der Waals surface area contributed by atoms with E-state index in [9.17, 15) is 9.59 Å². The fraction of sp³-hybridized carbons (Fsp3) is 0.296. The second-order valence-electron chi connectivity index (χ2n) is 8.17. The van der Waals surface area contributed by atoms with E-state index in [1.807, 2.05) is 41.8 Å². The highest BCUT2D eigenvalue weighted by Crippen LogP contribution is 2.31. The lowest BCUT2D eigenvalue weighted by molar-refractivity contribution is 0.0948. The maximum atomic E-state index is 12.9. The molecule has 0 atom stereocenters. The Bertz CT molecular complexity index is 1090. The Balaban J connectivity index is 1.35. The maximum absolute atomic E-state index is 12.9. The summed E-state index contributed by atoms with van der Waals surface area (Å²) in [6.45, 7) is 1.65. The van der Waals surface area contributed by atoms with Crippen molar-refractivity contribution in [1.29, 1.82) is 0 Å². The second kappa shape index (κ2) is 11.5. The van der Waals surface area contributed by atoms with Gasteiger partial charge in [-0.15, -0.1) is 17.8 Å². The van der Waals surface area contributed by atoms with Crippen molar-refractivity contribution >= 4 is 23.3 Å². The number of rotatable bonds is 7. The van der Waals surface area contributed by atoms with Crippen LogP contribution in [0.4, 0.5) is 4.79 Å². The summed E-state index contributed by atoms with van der Waals surface area (Å²) < 4.78 is 5.00. The number of aromatic nitrogens is 1. The van der Waals surface area contributed by atoms with E-state index in [1.54, 1.807) is 4.90 Å². The number of ether oxygens (including phenoxy) is 1. The van der Waals surface area contributed by atoms with E-state index in [0.29, 0.717) is 25.3 Å². The number of benzene rings is 2. The number of nitrogens with one attached hydrogen (secondary N) is 1. The SMILES string of the molecule is C#CCOC(=O)N1CCC(c2nc(C(=O)NCC(c3ccccc3)c3ccccc3)cs2)CC1. The molecule has 1 aliphatic rings. The van der Waals surface area contributed by atoms with Gasteiger partial charge in [-0.25, -0.2) is 9.78 Å². The number of hydrogen-bond acceptors (Lipinski definition) is 5. The summed E-state index contributed by atoms with van der Waals surface area (Å²) in [5.41, 5.74) is 2.75. The number of terminal acetylenes is 1. The average Bonchev–Trinajstić information content (AvgIpc) is 3.39. The van der Waals surface area contributed by atoms with Gasteiger partial charge >= 0.3 is 6.09 Å². The van der Waals surface area contributed by atoms with E-state index in [2.05, 4.69) is 40.5 Å². The van der Waals surface area contributed by atoms with Crippen LogP contribution in [0.5, 0.6) is 0 Å². The average molecular weight is 474 g/mol. The Morgan fingerprint density at radius 3 is 2.29 bits per heavy atom. The molecule has 0 saturated carbocycles. The fourth-order valence-electron chi connectivity index (χ4n) is 4.17. The van der Waals surface area contributed by atoms with Crippen molar-refractivity contribution in [3.8, 4) is 12.3 Å². The van der Waals surface area contributed by atoms with Crippen LogP contribution < -0.4 is 5.32 Å². The van der Waals surface area contributed by atoms with E-state index < -0.39 is 0 Å². The third kappa shape index (κ3) is 5.83. The zero-order valence-electron chi connectivity index (χ0n) is 18.9. The largest absolute Gasteiger partial charge is 0.436 e. The number of carbonyl (C=O) groups is 2. The summed E-state index contributed by atoms with van der Waals surface area (Å²) in [6.07, 6.45) is 6.33. The third-order valence-corrected chi connectivity index (χ3v) is 7.01. The van der Waals surface area contributed by atoms with Crippen LogP contribution in [0.25, 0.3) is 0 Å². The van der Waals surface area contributed by atoms with E-state index >= 15 is 0 Å². The van der Waals surface area contributed by atoms with E-state index in [1.165, 1.54) is 11.3 Å². The number of amides is 2. The maximum Gasteiger partial charge on any atom is 0.410 e. The molecule has 4 rings (SSSR count). The van der Waals surface area contributed by atoms with Gasteiger partial charge in [0.15, 0.2) is 6.61 Å². The highest BCUT2D eigenvalue weighted by atomic mass is 32.1. The standard InChI is InChI=1S/C27H27N3O3S/c1-2-17-33-27(32)30-15-13-22(14-16-30)26-29-24(19-34-26)25(31)28-18-23(20-9-5-3-6-10-20)21-11-7-4-8-12-21/h1,3-12,19,22-23H,13-18H2,(H,28,31). The first-order valence-electron chi connectivity index (χ1n) is 11.3. The number of nitrogens with zero attached hydrogens (tertiary/aromatic N) is 2. The molecule has 0 unspecified atom stereocenters. The summed E-state index contributed by atoms with van der Waals surface area (Å²) in [5.74, 6) is 2.42. The Morgan fingerprint density at radius 1 is 1.09 bits per heavy atom. The van der Waals surface area contributed by atoms with Crippen LogP contribution in [0.1, 0.15) is 51.3 Å². The van der Waals surface area contributed by atoms with Gasteiger partial charge in [0.1, 0.15) is 5.69 Å². The molecule has 7 heteroatoms. The summed E-state index contributed by atoms with van der Waals surface area (Å²) >= 11 is 1.50. The van der Waals surface area contributed by atoms with Gasteiger partial charge in [0.2, 0.25) is 0 Å². The van der Waals surface area contributed by atoms with Crippen LogP contribution in [0, 0.1) is 12.3 Å². The highest BCUT2D eigenvalue weighted by molar-refractivity contribution is 7.09. The minimum Gasteiger partial charge on any atom is -0.436 e. The molecule has 2 heterocycles. The molecule has 1 saturated heterocycles. The first kappa shape index (κ1) is 23.5. The zero-order chi connectivity index (χ0) is 23.8. The molecule has 2 aromatic carbocycles. The van der Waals surface area contributed by atoms with Gasteiger partial charge in [0.25, 0.3) is 5.91 Å². The molecule has 0 radical (unpaired) electrons. The van der Waals surface area contributed by atoms with Crippen LogP contribution in [0.2, 0.25) is 0 Å². The predicted molar refractivity (Wildman–Crippen MR) is 133 cm³/mol. The van der Waals surface area contributed by atoms with Crippen LogP contribution in [0.15, 0.2) is 66.0 Å². The quantitative estimate of drug-likeness (QED) is 0.507. The normalized spacial score (nSPS) is 13.9. The van der Waals surface area contributed by atoms with Crippen molar-refractivity contribution in [3.05, 3.63) is 87.9 Å². The van der Waals surface area contributed by atoms with Crippen molar-refractivity contribution < 1.29 is 14.3 Å². The fourth-order valence-corrected chi connectivity index (χ4v) is 5.14. The second-order valence-corrected chi connectivity index (χ2v) is 9.06. The molecule has 1 aliphatic heterocycles. The molecule has 1 aromatic heterocycles. The molecule has 3 aromatic rings. The first-order chi connectivity index (χ1) is 16.7. The van der Waals surface area contributed by atoms with Gasteiger partial charge in [0, 0.05) is 36.9 Å². The third-order valence-electron chi connectivity index (χ3n) is 6.01. The van der Waals surface area contributed by atoms with Gasteiger partial charge in [-0.3, -0.25) is 4.79 Å². The molecule has 6 nitrogen and oxygen atoms in total. The molecular weight excluding hydrogens is 446 g/mol. The van der Waals surface area contributed by atoms with Crippen molar-refractivity contribution in [2.45, 2.75) is 24.7 Å². The van der Waals surface area contributed by atoms with Crippen molar-refractivity contribution in [3.63, 3.8) is 0 Å². The Labute approximate surface area is 204 Å². The molecular formula is C27H27N3O3S. The molecule has 0 bridgehead atoms. The van der Waals surface area contributed by atoms with E-state index in [-0.39, 0.29) is 30.4 Å². The van der Waals surface area contributed by atoms with Crippen molar-refractivity contribution in [2.75, 3.05) is 26.2 Å². The number of thiazole rings is 1. The molecule has 0 aliphatic carbocycles. The van der Waals surface area contributed by atoms with Gasteiger partial charge in [-0.05, 0) is 24.0 Å². The molecule has 174 valence electrons. The Kier molecular flexibility index (Phi) is 7.95. The lowest BCUT2D eigenvalue weighted by Gasteiger charge is -2.30. The topological polar surface area (TPSA) is 71.5 Å². The van der Waals surface area contributed by atoms with Gasteiger partial charge in [0.05, 0.1) is 5.01 Å². The smallest absolute Gasteiger partial charge is 0.410 e. The summed E-state index contributed by atoms with van der Waals surface area (Å²) in [4.78, 5) is 31.2. The van der Waals surface area contributed by atoms with Gasteiger partial charge in [-0.2, -0.15) is 0 Å². The zero-order valence-corrected chi connectivity index (χ0v) is 19.7. The number of carbonyl (C=O) groups excluding carboxylic acids is 2. The van der Waals surface area contributed by atoms with Crippen molar-refractivity contribution in [2.24, 2.45) is 0 Å². The molecule has 1 N–H and O–H groups in total. The van der Waals surface area contributed by atoms with Crippen molar-refractivity contribution in [1.82, 2.24) is 15.2 Å². The van der Waals surface area contributed by atoms with Crippen LogP contribution in [0.3, 0.4) is 0 Å². The summed E-state index contributed by atoms with van der Waals surface area (Å²) in [7, 11) is 0.